The van der Waals surface area contributed by atoms with Crippen LogP contribution in [0.4, 0.5) is 5.69 Å². The molecule has 0 aliphatic heterocycles. The van der Waals surface area contributed by atoms with Crippen molar-refractivity contribution in [1.82, 2.24) is 5.43 Å². The second kappa shape index (κ2) is 15.6. The zero-order valence-corrected chi connectivity index (χ0v) is 25.8. The standard InChI is InChI=1S/C32H29BrClN3O6/c1-3-41-28-17-23(13-14-27(28)42-19-21-9-5-4-6-10-21)32(39)37-35-18-22-15-24(33)31(29(16-22)40-2)43-20-30(38)36-26-12-8-7-11-25(26)34/h4-18H,3,19-20H2,1-2H3,(H,36,38)(H,37,39)/b35-18+. The highest BCUT2D eigenvalue weighted by molar-refractivity contribution is 9.10. The van der Waals surface area contributed by atoms with Crippen LogP contribution < -0.4 is 29.7 Å². The molecule has 0 fully saturated rings. The van der Waals surface area contributed by atoms with Gasteiger partial charge in [0.15, 0.2) is 29.6 Å². The number of hydrogen-bond acceptors (Lipinski definition) is 7. The molecule has 0 bridgehead atoms. The van der Waals surface area contributed by atoms with Gasteiger partial charge in [-0.2, -0.15) is 5.10 Å². The van der Waals surface area contributed by atoms with E-state index < -0.39 is 11.8 Å². The smallest absolute Gasteiger partial charge is 0.271 e. The van der Waals surface area contributed by atoms with Gasteiger partial charge in [0.25, 0.3) is 11.8 Å². The van der Waals surface area contributed by atoms with E-state index in [1.54, 1.807) is 54.6 Å². The Hall–Kier alpha value is -4.54. The number of carbonyl (C=O) groups is 2. The number of halogens is 2. The molecule has 9 nitrogen and oxygen atoms in total. The highest BCUT2D eigenvalue weighted by atomic mass is 79.9. The summed E-state index contributed by atoms with van der Waals surface area (Å²) in [4.78, 5) is 25.2. The summed E-state index contributed by atoms with van der Waals surface area (Å²) in [5, 5.41) is 7.20. The molecule has 2 amide bonds. The van der Waals surface area contributed by atoms with Gasteiger partial charge in [-0.1, -0.05) is 54.1 Å². The number of anilines is 1. The van der Waals surface area contributed by atoms with Crippen LogP contribution in [0.15, 0.2) is 94.5 Å². The van der Waals surface area contributed by atoms with Crippen LogP contribution in [-0.4, -0.2) is 38.4 Å². The lowest BCUT2D eigenvalue weighted by atomic mass is 10.2. The van der Waals surface area contributed by atoms with Gasteiger partial charge >= 0.3 is 0 Å². The molecule has 222 valence electrons. The summed E-state index contributed by atoms with van der Waals surface area (Å²) < 4.78 is 23.3. The lowest BCUT2D eigenvalue weighted by molar-refractivity contribution is -0.118. The van der Waals surface area contributed by atoms with Crippen LogP contribution in [0.1, 0.15) is 28.4 Å². The number of nitrogens with one attached hydrogen (secondary N) is 2. The Labute approximate surface area is 262 Å². The molecule has 43 heavy (non-hydrogen) atoms. The van der Waals surface area contributed by atoms with E-state index in [0.29, 0.717) is 62.5 Å². The molecule has 0 atom stereocenters. The minimum Gasteiger partial charge on any atom is -0.493 e. The van der Waals surface area contributed by atoms with E-state index in [9.17, 15) is 9.59 Å². The molecule has 4 aromatic carbocycles. The summed E-state index contributed by atoms with van der Waals surface area (Å²) in [6.45, 7) is 2.36. The van der Waals surface area contributed by atoms with Crippen LogP contribution in [0, 0.1) is 0 Å². The van der Waals surface area contributed by atoms with Crippen molar-refractivity contribution in [3.63, 3.8) is 0 Å². The molecule has 4 rings (SSSR count). The average Bonchev–Trinajstić information content (AvgIpc) is 3.01. The van der Waals surface area contributed by atoms with Crippen molar-refractivity contribution in [3.05, 3.63) is 111 Å². The maximum Gasteiger partial charge on any atom is 0.271 e. The van der Waals surface area contributed by atoms with Crippen molar-refractivity contribution in [2.75, 3.05) is 25.6 Å². The molecular formula is C32H29BrClN3O6. The molecule has 0 aromatic heterocycles. The molecule has 0 aliphatic rings. The highest BCUT2D eigenvalue weighted by Crippen LogP contribution is 2.36. The van der Waals surface area contributed by atoms with Gasteiger partial charge < -0.3 is 24.3 Å². The van der Waals surface area contributed by atoms with Gasteiger partial charge in [-0.25, -0.2) is 5.43 Å². The minimum atomic E-state index is -0.428. The Balaban J connectivity index is 1.37. The van der Waals surface area contributed by atoms with Gasteiger partial charge in [-0.15, -0.1) is 0 Å². The normalized spacial score (nSPS) is 10.7. The Morgan fingerprint density at radius 2 is 1.67 bits per heavy atom. The predicted octanol–water partition coefficient (Wildman–Crippen LogP) is 6.87. The molecule has 0 aliphatic carbocycles. The molecule has 4 aromatic rings. The zero-order valence-electron chi connectivity index (χ0n) is 23.4. The summed E-state index contributed by atoms with van der Waals surface area (Å²) >= 11 is 9.55. The molecule has 0 unspecified atom stereocenters. The van der Waals surface area contributed by atoms with Crippen molar-refractivity contribution < 1.29 is 28.5 Å². The second-order valence-corrected chi connectivity index (χ2v) is 10.2. The topological polar surface area (TPSA) is 107 Å². The van der Waals surface area contributed by atoms with Crippen LogP contribution in [0.5, 0.6) is 23.0 Å². The van der Waals surface area contributed by atoms with E-state index in [4.69, 9.17) is 30.5 Å². The van der Waals surface area contributed by atoms with Crippen molar-refractivity contribution in [2.24, 2.45) is 5.10 Å². The third kappa shape index (κ3) is 8.97. The fraction of sp³-hybridized carbons (Fsp3) is 0.156. The Morgan fingerprint density at radius 3 is 2.42 bits per heavy atom. The third-order valence-electron chi connectivity index (χ3n) is 5.87. The number of methoxy groups -OCH3 is 1. The molecule has 0 saturated carbocycles. The van der Waals surface area contributed by atoms with E-state index in [0.717, 1.165) is 5.56 Å². The zero-order chi connectivity index (χ0) is 30.6. The third-order valence-corrected chi connectivity index (χ3v) is 6.79. The first-order valence-corrected chi connectivity index (χ1v) is 14.4. The van der Waals surface area contributed by atoms with Gasteiger partial charge in [0, 0.05) is 5.56 Å². The number of carbonyl (C=O) groups excluding carboxylic acids is 2. The number of ether oxygens (including phenoxy) is 4. The van der Waals surface area contributed by atoms with E-state index in [1.165, 1.54) is 13.3 Å². The van der Waals surface area contributed by atoms with Crippen LogP contribution in [0.2, 0.25) is 5.02 Å². The minimum absolute atomic E-state index is 0.274. The summed E-state index contributed by atoms with van der Waals surface area (Å²) in [5.41, 5.74) is 4.98. The number of rotatable bonds is 13. The van der Waals surface area contributed by atoms with Gasteiger partial charge in [-0.05, 0) is 76.4 Å². The molecular weight excluding hydrogens is 638 g/mol. The maximum absolute atomic E-state index is 12.8. The number of hydrazone groups is 1. The monoisotopic (exact) mass is 665 g/mol. The van der Waals surface area contributed by atoms with Crippen LogP contribution in [0.3, 0.4) is 0 Å². The molecule has 0 saturated heterocycles. The number of benzene rings is 4. The van der Waals surface area contributed by atoms with Crippen LogP contribution in [0.25, 0.3) is 0 Å². The first-order chi connectivity index (χ1) is 20.9. The Kier molecular flexibility index (Phi) is 11.4. The summed E-state index contributed by atoms with van der Waals surface area (Å²) in [7, 11) is 1.48. The summed E-state index contributed by atoms with van der Waals surface area (Å²) in [6.07, 6.45) is 1.46. The van der Waals surface area contributed by atoms with Crippen LogP contribution >= 0.6 is 27.5 Å². The van der Waals surface area contributed by atoms with Crippen LogP contribution in [-0.2, 0) is 11.4 Å². The van der Waals surface area contributed by atoms with Crippen molar-refractivity contribution >= 4 is 51.2 Å². The number of hydrogen-bond donors (Lipinski definition) is 2. The highest BCUT2D eigenvalue weighted by Gasteiger charge is 2.15. The SMILES string of the molecule is CCOc1cc(C(=O)N/N=C/c2cc(Br)c(OCC(=O)Nc3ccccc3Cl)c(OC)c2)ccc1OCc1ccccc1. The van der Waals surface area contributed by atoms with Gasteiger partial charge in [0.1, 0.15) is 6.61 Å². The molecule has 0 spiro atoms. The average molecular weight is 667 g/mol. The quantitative estimate of drug-likeness (QED) is 0.119. The lowest BCUT2D eigenvalue weighted by Crippen LogP contribution is -2.20. The first-order valence-electron chi connectivity index (χ1n) is 13.2. The molecule has 11 heteroatoms. The first kappa shape index (κ1) is 31.4. The van der Waals surface area contributed by atoms with Crippen molar-refractivity contribution in [3.8, 4) is 23.0 Å². The molecule has 0 heterocycles. The van der Waals surface area contributed by atoms with Gasteiger partial charge in [-0.3, -0.25) is 9.59 Å². The maximum atomic E-state index is 12.8. The van der Waals surface area contributed by atoms with E-state index >= 15 is 0 Å². The van der Waals surface area contributed by atoms with Crippen molar-refractivity contribution in [2.45, 2.75) is 13.5 Å². The Morgan fingerprint density at radius 1 is 0.907 bits per heavy atom. The predicted molar refractivity (Wildman–Crippen MR) is 170 cm³/mol. The van der Waals surface area contributed by atoms with Gasteiger partial charge in [0.05, 0.1) is 35.1 Å². The number of para-hydroxylation sites is 1. The van der Waals surface area contributed by atoms with E-state index in [1.807, 2.05) is 37.3 Å². The summed E-state index contributed by atoms with van der Waals surface area (Å²) in [6, 6.07) is 25.0. The van der Waals surface area contributed by atoms with E-state index in [-0.39, 0.29) is 6.61 Å². The largest absolute Gasteiger partial charge is 0.493 e. The lowest BCUT2D eigenvalue weighted by Gasteiger charge is -2.14. The number of nitrogens with zero attached hydrogens (tertiary/aromatic N) is 1. The molecule has 0 radical (unpaired) electrons. The summed E-state index contributed by atoms with van der Waals surface area (Å²) in [5.74, 6) is 0.864. The van der Waals surface area contributed by atoms with Gasteiger partial charge in [0.2, 0.25) is 0 Å². The fourth-order valence-corrected chi connectivity index (χ4v) is 4.60. The fourth-order valence-electron chi connectivity index (χ4n) is 3.84. The number of amides is 2. The Bertz CT molecular complexity index is 1600. The van der Waals surface area contributed by atoms with Crippen molar-refractivity contribution in [1.29, 1.82) is 0 Å². The van der Waals surface area contributed by atoms with E-state index in [2.05, 4.69) is 31.8 Å². The second-order valence-electron chi connectivity index (χ2n) is 8.92. The molecule has 2 N–H and O–H groups in total.